The van der Waals surface area contributed by atoms with E-state index in [2.05, 4.69) is 10.3 Å². The van der Waals surface area contributed by atoms with E-state index < -0.39 is 5.97 Å². The molecule has 0 radical (unpaired) electrons. The van der Waals surface area contributed by atoms with Gasteiger partial charge in [0, 0.05) is 18.9 Å². The molecule has 0 bridgehead atoms. The van der Waals surface area contributed by atoms with Crippen molar-refractivity contribution in [1.29, 1.82) is 0 Å². The summed E-state index contributed by atoms with van der Waals surface area (Å²) in [6.07, 6.45) is 3.01. The largest absolute Gasteiger partial charge is 0.481 e. The highest BCUT2D eigenvalue weighted by atomic mass is 35.5. The van der Waals surface area contributed by atoms with Crippen LogP contribution in [0.4, 0.5) is 0 Å². The van der Waals surface area contributed by atoms with Gasteiger partial charge in [-0.2, -0.15) is 0 Å². The monoisotopic (exact) mass is 262 g/mol. The zero-order valence-corrected chi connectivity index (χ0v) is 9.92. The second-order valence-corrected chi connectivity index (χ2v) is 4.92. The molecule has 0 aliphatic carbocycles. The third kappa shape index (κ3) is 4.59. The molecule has 0 saturated heterocycles. The summed E-state index contributed by atoms with van der Waals surface area (Å²) in [5.74, 6) is -0.880. The van der Waals surface area contributed by atoms with E-state index in [4.69, 9.17) is 16.7 Å². The van der Waals surface area contributed by atoms with Gasteiger partial charge >= 0.3 is 5.97 Å². The van der Waals surface area contributed by atoms with E-state index in [9.17, 15) is 9.59 Å². The number of thiazole rings is 1. The number of rotatable bonds is 7. The van der Waals surface area contributed by atoms with E-state index in [1.807, 2.05) is 0 Å². The predicted octanol–water partition coefficient (Wildman–Crippen LogP) is 1.32. The molecule has 0 aliphatic rings. The Labute approximate surface area is 101 Å². The molecule has 0 fully saturated rings. The number of nitrogens with one attached hydrogen (secondary N) is 1. The highest BCUT2D eigenvalue weighted by Crippen LogP contribution is 2.20. The van der Waals surface area contributed by atoms with Crippen molar-refractivity contribution in [3.63, 3.8) is 0 Å². The molecule has 1 atom stereocenters. The molecule has 0 aromatic carbocycles. The number of nitrogens with zero attached hydrogens (tertiary/aromatic N) is 1. The van der Waals surface area contributed by atoms with Crippen molar-refractivity contribution in [1.82, 2.24) is 10.3 Å². The summed E-state index contributed by atoms with van der Waals surface area (Å²) in [5.41, 5.74) is 0. The number of amides is 1. The fourth-order valence-electron chi connectivity index (χ4n) is 1.23. The lowest BCUT2D eigenvalue weighted by Crippen LogP contribution is -2.30. The molecule has 1 heterocycles. The third-order valence-electron chi connectivity index (χ3n) is 1.96. The minimum atomic E-state index is -0.880. The first-order chi connectivity index (χ1) is 7.61. The Bertz CT molecular complexity index is 369. The van der Waals surface area contributed by atoms with Crippen LogP contribution in [0.15, 0.2) is 6.20 Å². The van der Waals surface area contributed by atoms with Gasteiger partial charge in [0.05, 0.1) is 11.2 Å². The highest BCUT2D eigenvalue weighted by molar-refractivity contribution is 7.15. The van der Waals surface area contributed by atoms with Crippen LogP contribution in [0.2, 0.25) is 4.34 Å². The molecule has 7 heteroatoms. The van der Waals surface area contributed by atoms with Crippen molar-refractivity contribution >= 4 is 35.3 Å². The van der Waals surface area contributed by atoms with Crippen molar-refractivity contribution < 1.29 is 14.7 Å². The number of carboxylic acid groups (broad SMARTS) is 1. The average Bonchev–Trinajstić information content (AvgIpc) is 2.61. The number of aromatic nitrogens is 1. The molecule has 1 aromatic rings. The summed E-state index contributed by atoms with van der Waals surface area (Å²) in [6, 6.07) is -0.212. The summed E-state index contributed by atoms with van der Waals surface area (Å²) < 4.78 is 0.582. The first-order valence-corrected chi connectivity index (χ1v) is 5.83. The van der Waals surface area contributed by atoms with Crippen LogP contribution in [0.25, 0.3) is 0 Å². The van der Waals surface area contributed by atoms with Crippen LogP contribution in [0, 0.1) is 0 Å². The number of halogens is 1. The molecule has 1 aromatic heterocycles. The summed E-state index contributed by atoms with van der Waals surface area (Å²) in [5, 5.41) is 11.9. The van der Waals surface area contributed by atoms with Crippen LogP contribution in [-0.4, -0.2) is 28.5 Å². The first-order valence-electron chi connectivity index (χ1n) is 4.63. The maximum absolute atomic E-state index is 10.4. The van der Waals surface area contributed by atoms with E-state index in [0.717, 1.165) is 5.01 Å². The number of hydrogen-bond donors (Lipinski definition) is 2. The summed E-state index contributed by atoms with van der Waals surface area (Å²) in [6.45, 7) is 0. The molecular weight excluding hydrogens is 252 g/mol. The fraction of sp³-hybridized carbons (Fsp3) is 0.444. The van der Waals surface area contributed by atoms with E-state index in [-0.39, 0.29) is 12.5 Å². The van der Waals surface area contributed by atoms with E-state index in [0.29, 0.717) is 23.6 Å². The van der Waals surface area contributed by atoms with Gasteiger partial charge in [-0.1, -0.05) is 11.6 Å². The lowest BCUT2D eigenvalue weighted by Gasteiger charge is -2.12. The normalized spacial score (nSPS) is 12.1. The predicted molar refractivity (Wildman–Crippen MR) is 60.7 cm³/mol. The van der Waals surface area contributed by atoms with Crippen molar-refractivity contribution in [2.24, 2.45) is 0 Å². The fourth-order valence-corrected chi connectivity index (χ4v) is 2.27. The number of aliphatic carboxylic acids is 1. The second-order valence-electron chi connectivity index (χ2n) is 3.18. The van der Waals surface area contributed by atoms with Crippen molar-refractivity contribution in [3.05, 3.63) is 15.5 Å². The topological polar surface area (TPSA) is 79.3 Å². The lowest BCUT2D eigenvalue weighted by molar-refractivity contribution is -0.137. The smallest absolute Gasteiger partial charge is 0.303 e. The second kappa shape index (κ2) is 6.44. The molecule has 0 spiro atoms. The maximum Gasteiger partial charge on any atom is 0.303 e. The van der Waals surface area contributed by atoms with Gasteiger partial charge in [0.1, 0.15) is 4.34 Å². The molecule has 1 rings (SSSR count). The van der Waals surface area contributed by atoms with E-state index in [1.54, 1.807) is 0 Å². The Hall–Kier alpha value is -1.14. The highest BCUT2D eigenvalue weighted by Gasteiger charge is 2.12. The number of carboxylic acids is 1. The van der Waals surface area contributed by atoms with Gasteiger partial charge in [0.25, 0.3) is 0 Å². The molecule has 0 aliphatic heterocycles. The Kier molecular flexibility index (Phi) is 5.21. The Morgan fingerprint density at radius 2 is 2.50 bits per heavy atom. The summed E-state index contributed by atoms with van der Waals surface area (Å²) >= 11 is 7.05. The average molecular weight is 263 g/mol. The van der Waals surface area contributed by atoms with Crippen molar-refractivity contribution in [2.45, 2.75) is 25.3 Å². The quantitative estimate of drug-likeness (QED) is 0.727. The van der Waals surface area contributed by atoms with Crippen LogP contribution in [0.5, 0.6) is 0 Å². The molecule has 2 N–H and O–H groups in total. The van der Waals surface area contributed by atoms with Crippen LogP contribution in [0.3, 0.4) is 0 Å². The van der Waals surface area contributed by atoms with Gasteiger partial charge in [0.2, 0.25) is 6.41 Å². The van der Waals surface area contributed by atoms with Crippen LogP contribution in [0.1, 0.15) is 17.8 Å². The molecule has 88 valence electrons. The summed E-state index contributed by atoms with van der Waals surface area (Å²) in [4.78, 5) is 24.8. The molecular formula is C9H11ClN2O3S. The Balaban J connectivity index is 2.49. The van der Waals surface area contributed by atoms with E-state index >= 15 is 0 Å². The minimum absolute atomic E-state index is 0.0185. The third-order valence-corrected chi connectivity index (χ3v) is 3.09. The van der Waals surface area contributed by atoms with Gasteiger partial charge in [-0.3, -0.25) is 9.59 Å². The molecule has 1 amide bonds. The van der Waals surface area contributed by atoms with Gasteiger partial charge in [-0.25, -0.2) is 4.98 Å². The van der Waals surface area contributed by atoms with Gasteiger partial charge in [0.15, 0.2) is 0 Å². The first kappa shape index (κ1) is 12.9. The molecule has 5 nitrogen and oxygen atoms in total. The molecule has 16 heavy (non-hydrogen) atoms. The number of carbonyl (C=O) groups excluding carboxylic acids is 1. The van der Waals surface area contributed by atoms with Gasteiger partial charge in [-0.15, -0.1) is 11.3 Å². The van der Waals surface area contributed by atoms with Crippen LogP contribution >= 0.6 is 22.9 Å². The van der Waals surface area contributed by atoms with Gasteiger partial charge < -0.3 is 10.4 Å². The van der Waals surface area contributed by atoms with Crippen LogP contribution < -0.4 is 5.32 Å². The zero-order chi connectivity index (χ0) is 12.0. The van der Waals surface area contributed by atoms with Gasteiger partial charge in [-0.05, 0) is 6.42 Å². The number of hydrogen-bond acceptors (Lipinski definition) is 4. The van der Waals surface area contributed by atoms with Crippen molar-refractivity contribution in [2.75, 3.05) is 0 Å². The zero-order valence-electron chi connectivity index (χ0n) is 8.35. The molecule has 0 saturated carbocycles. The van der Waals surface area contributed by atoms with Crippen LogP contribution in [-0.2, 0) is 16.0 Å². The van der Waals surface area contributed by atoms with E-state index in [1.165, 1.54) is 17.5 Å². The van der Waals surface area contributed by atoms with Crippen molar-refractivity contribution in [3.8, 4) is 0 Å². The SMILES string of the molecule is O=CNC(CCC(=O)O)Cc1ncc(Cl)s1. The maximum atomic E-state index is 10.4. The Morgan fingerprint density at radius 3 is 3.00 bits per heavy atom. The lowest BCUT2D eigenvalue weighted by atomic mass is 10.1. The Morgan fingerprint density at radius 1 is 1.75 bits per heavy atom. The molecule has 1 unspecified atom stereocenters. The number of carbonyl (C=O) groups is 2. The standard InChI is InChI=1S/C9H11ClN2O3S/c10-7-4-11-8(16-7)3-6(12-5-13)1-2-9(14)15/h4-6H,1-3H2,(H,12,13)(H,14,15). The minimum Gasteiger partial charge on any atom is -0.481 e. The summed E-state index contributed by atoms with van der Waals surface area (Å²) in [7, 11) is 0.